The molecule has 0 spiro atoms. The molecule has 7 nitrogen and oxygen atoms in total. The van der Waals surface area contributed by atoms with E-state index in [1.807, 2.05) is 30.3 Å². The first kappa shape index (κ1) is 22.4. The predicted octanol–water partition coefficient (Wildman–Crippen LogP) is 5.27. The van der Waals surface area contributed by atoms with Gasteiger partial charge in [-0.05, 0) is 54.1 Å². The number of aromatic nitrogens is 3. The van der Waals surface area contributed by atoms with Crippen LogP contribution in [-0.4, -0.2) is 46.0 Å². The maximum Gasteiger partial charge on any atom is 0.174 e. The summed E-state index contributed by atoms with van der Waals surface area (Å²) < 4.78 is 0. The van der Waals surface area contributed by atoms with E-state index in [9.17, 15) is 5.26 Å². The van der Waals surface area contributed by atoms with E-state index in [2.05, 4.69) is 26.2 Å². The molecule has 1 aliphatic heterocycles. The molecule has 1 fully saturated rings. The maximum absolute atomic E-state index is 9.30. The van der Waals surface area contributed by atoms with Gasteiger partial charge in [-0.25, -0.2) is 9.97 Å². The van der Waals surface area contributed by atoms with Gasteiger partial charge in [0, 0.05) is 49.0 Å². The summed E-state index contributed by atoms with van der Waals surface area (Å²) in [6.07, 6.45) is 3.48. The van der Waals surface area contributed by atoms with Crippen LogP contribution in [-0.2, 0) is 6.54 Å². The number of hydrogen-bond acceptors (Lipinski definition) is 7. The van der Waals surface area contributed by atoms with Gasteiger partial charge in [0.25, 0.3) is 0 Å². The SMILES string of the molecule is N#Cc1ccc2nc(Nc3cccnc3)c(N3CCN(Cc4cc(Cl)ccc4Cl)CC3)nc2c1. The van der Waals surface area contributed by atoms with Crippen LogP contribution >= 0.6 is 23.2 Å². The summed E-state index contributed by atoms with van der Waals surface area (Å²) in [4.78, 5) is 18.5. The molecule has 3 heterocycles. The molecule has 0 aliphatic carbocycles. The first-order valence-corrected chi connectivity index (χ1v) is 11.6. The Bertz CT molecular complexity index is 1360. The number of pyridine rings is 1. The van der Waals surface area contributed by atoms with E-state index in [1.54, 1.807) is 30.6 Å². The number of halogens is 2. The van der Waals surface area contributed by atoms with E-state index in [4.69, 9.17) is 33.2 Å². The average molecular weight is 490 g/mol. The fourth-order valence-electron chi connectivity index (χ4n) is 4.02. The minimum absolute atomic E-state index is 0.559. The van der Waals surface area contributed by atoms with Crippen LogP contribution in [0, 0.1) is 11.3 Å². The van der Waals surface area contributed by atoms with Gasteiger partial charge in [-0.3, -0.25) is 9.88 Å². The van der Waals surface area contributed by atoms with Gasteiger partial charge in [0.15, 0.2) is 11.6 Å². The van der Waals surface area contributed by atoms with Gasteiger partial charge in [-0.1, -0.05) is 23.2 Å². The highest BCUT2D eigenvalue weighted by Crippen LogP contribution is 2.29. The lowest BCUT2D eigenvalue weighted by Gasteiger charge is -2.36. The van der Waals surface area contributed by atoms with E-state index in [-0.39, 0.29) is 0 Å². The molecule has 2 aromatic heterocycles. The number of anilines is 3. The maximum atomic E-state index is 9.30. The molecule has 2 aromatic carbocycles. The molecule has 1 saturated heterocycles. The molecule has 5 rings (SSSR count). The largest absolute Gasteiger partial charge is 0.351 e. The third-order valence-electron chi connectivity index (χ3n) is 5.77. The number of nitriles is 1. The van der Waals surface area contributed by atoms with Crippen molar-refractivity contribution in [2.45, 2.75) is 6.54 Å². The second kappa shape index (κ2) is 9.82. The fraction of sp³-hybridized carbons (Fsp3) is 0.200. The lowest BCUT2D eigenvalue weighted by atomic mass is 10.2. The number of benzene rings is 2. The monoisotopic (exact) mass is 489 g/mol. The Hall–Kier alpha value is -3.44. The smallest absolute Gasteiger partial charge is 0.174 e. The van der Waals surface area contributed by atoms with Gasteiger partial charge >= 0.3 is 0 Å². The van der Waals surface area contributed by atoms with Crippen LogP contribution in [0.2, 0.25) is 10.0 Å². The first-order chi connectivity index (χ1) is 16.6. The highest BCUT2D eigenvalue weighted by atomic mass is 35.5. The lowest BCUT2D eigenvalue weighted by molar-refractivity contribution is 0.249. The number of piperazine rings is 1. The molecule has 1 N–H and O–H groups in total. The fourth-order valence-corrected chi connectivity index (χ4v) is 4.39. The normalized spacial score (nSPS) is 14.2. The highest BCUT2D eigenvalue weighted by Gasteiger charge is 2.23. The first-order valence-electron chi connectivity index (χ1n) is 10.9. The number of fused-ring (bicyclic) bond motifs is 1. The Morgan fingerprint density at radius 2 is 1.82 bits per heavy atom. The van der Waals surface area contributed by atoms with E-state index in [0.717, 1.165) is 60.3 Å². The molecular weight excluding hydrogens is 469 g/mol. The molecule has 0 atom stereocenters. The summed E-state index contributed by atoms with van der Waals surface area (Å²) in [6.45, 7) is 3.97. The minimum Gasteiger partial charge on any atom is -0.351 e. The zero-order valence-corrected chi connectivity index (χ0v) is 19.8. The summed E-state index contributed by atoms with van der Waals surface area (Å²) in [5, 5.41) is 14.1. The average Bonchev–Trinajstić information content (AvgIpc) is 2.87. The van der Waals surface area contributed by atoms with Crippen molar-refractivity contribution in [2.24, 2.45) is 0 Å². The minimum atomic E-state index is 0.559. The quantitative estimate of drug-likeness (QED) is 0.408. The number of nitrogens with one attached hydrogen (secondary N) is 1. The molecule has 34 heavy (non-hydrogen) atoms. The molecule has 0 bridgehead atoms. The van der Waals surface area contributed by atoms with Crippen LogP contribution in [0.4, 0.5) is 17.3 Å². The Labute approximate surface area is 207 Å². The summed E-state index contributed by atoms with van der Waals surface area (Å²) in [5.74, 6) is 1.42. The van der Waals surface area contributed by atoms with Crippen molar-refractivity contribution in [1.82, 2.24) is 19.9 Å². The van der Waals surface area contributed by atoms with Crippen molar-refractivity contribution in [1.29, 1.82) is 5.26 Å². The number of hydrogen-bond donors (Lipinski definition) is 1. The summed E-state index contributed by atoms with van der Waals surface area (Å²) in [5.41, 5.74) is 3.84. The number of rotatable bonds is 5. The van der Waals surface area contributed by atoms with Crippen molar-refractivity contribution < 1.29 is 0 Å². The van der Waals surface area contributed by atoms with Gasteiger partial charge in [-0.2, -0.15) is 5.26 Å². The molecule has 0 unspecified atom stereocenters. The van der Waals surface area contributed by atoms with Gasteiger partial charge < -0.3 is 10.2 Å². The Balaban J connectivity index is 1.41. The van der Waals surface area contributed by atoms with E-state index in [0.29, 0.717) is 21.9 Å². The van der Waals surface area contributed by atoms with Crippen molar-refractivity contribution >= 4 is 51.6 Å². The van der Waals surface area contributed by atoms with E-state index < -0.39 is 0 Å². The topological polar surface area (TPSA) is 81.0 Å². The van der Waals surface area contributed by atoms with E-state index >= 15 is 0 Å². The zero-order chi connectivity index (χ0) is 23.5. The van der Waals surface area contributed by atoms with Crippen molar-refractivity contribution in [2.75, 3.05) is 36.4 Å². The highest BCUT2D eigenvalue weighted by molar-refractivity contribution is 6.33. The molecule has 9 heteroatoms. The van der Waals surface area contributed by atoms with Gasteiger partial charge in [-0.15, -0.1) is 0 Å². The second-order valence-corrected chi connectivity index (χ2v) is 8.92. The molecule has 1 aliphatic rings. The van der Waals surface area contributed by atoms with Crippen LogP contribution in [0.15, 0.2) is 60.9 Å². The predicted molar refractivity (Wildman–Crippen MR) is 136 cm³/mol. The van der Waals surface area contributed by atoms with Crippen LogP contribution in [0.1, 0.15) is 11.1 Å². The third kappa shape index (κ3) is 4.90. The van der Waals surface area contributed by atoms with Gasteiger partial charge in [0.2, 0.25) is 0 Å². The van der Waals surface area contributed by atoms with Crippen LogP contribution in [0.5, 0.6) is 0 Å². The molecule has 170 valence electrons. The second-order valence-electron chi connectivity index (χ2n) is 8.08. The molecule has 0 radical (unpaired) electrons. The Kier molecular flexibility index (Phi) is 6.45. The number of nitrogens with zero attached hydrogens (tertiary/aromatic N) is 6. The zero-order valence-electron chi connectivity index (χ0n) is 18.2. The van der Waals surface area contributed by atoms with E-state index in [1.165, 1.54) is 0 Å². The van der Waals surface area contributed by atoms with Crippen LogP contribution < -0.4 is 10.2 Å². The van der Waals surface area contributed by atoms with Gasteiger partial charge in [0.05, 0.1) is 34.6 Å². The standard InChI is InChI=1S/C25H21Cl2N7/c26-19-4-5-21(27)18(13-19)16-33-8-10-34(11-9-33)25-24(30-20-2-1-7-29-15-20)31-22-6-3-17(14-28)12-23(22)32-25/h1-7,12-13,15H,8-11,16H2,(H,30,31). The lowest BCUT2D eigenvalue weighted by Crippen LogP contribution is -2.46. The van der Waals surface area contributed by atoms with Crippen molar-refractivity contribution in [3.63, 3.8) is 0 Å². The summed E-state index contributed by atoms with van der Waals surface area (Å²) in [6, 6.07) is 16.9. The van der Waals surface area contributed by atoms with Gasteiger partial charge in [0.1, 0.15) is 0 Å². The van der Waals surface area contributed by atoms with Crippen molar-refractivity contribution in [3.8, 4) is 6.07 Å². The summed E-state index contributed by atoms with van der Waals surface area (Å²) in [7, 11) is 0. The van der Waals surface area contributed by atoms with Crippen LogP contribution in [0.3, 0.4) is 0 Å². The summed E-state index contributed by atoms with van der Waals surface area (Å²) >= 11 is 12.5. The Morgan fingerprint density at radius 1 is 0.971 bits per heavy atom. The molecule has 0 amide bonds. The van der Waals surface area contributed by atoms with Crippen LogP contribution in [0.25, 0.3) is 11.0 Å². The van der Waals surface area contributed by atoms with Crippen molar-refractivity contribution in [3.05, 3.63) is 82.1 Å². The Morgan fingerprint density at radius 3 is 2.59 bits per heavy atom. The third-order valence-corrected chi connectivity index (χ3v) is 6.38. The molecule has 4 aromatic rings. The molecular formula is C25H21Cl2N7. The molecule has 0 saturated carbocycles.